The molecule has 1 aliphatic rings. The van der Waals surface area contributed by atoms with Crippen molar-refractivity contribution in [1.82, 2.24) is 15.2 Å². The normalized spacial score (nSPS) is 16.3. The first-order valence-electron chi connectivity index (χ1n) is 8.77. The molecule has 6 heteroatoms. The second-order valence-electron chi connectivity index (χ2n) is 6.74. The topological polar surface area (TPSA) is 58.4 Å². The van der Waals surface area contributed by atoms with Gasteiger partial charge in [-0.3, -0.25) is 9.69 Å². The minimum atomic E-state index is -0.185. The van der Waals surface area contributed by atoms with Crippen molar-refractivity contribution < 1.29 is 9.21 Å². The van der Waals surface area contributed by atoms with E-state index in [9.17, 15) is 4.79 Å². The monoisotopic (exact) mass is 361 g/mol. The Balaban J connectivity index is 1.73. The highest BCUT2D eigenvalue weighted by Gasteiger charge is 2.25. The second-order valence-corrected chi connectivity index (χ2v) is 7.18. The van der Waals surface area contributed by atoms with Gasteiger partial charge in [0.25, 0.3) is 5.91 Å². The summed E-state index contributed by atoms with van der Waals surface area (Å²) in [4.78, 5) is 19.1. The third-order valence-electron chi connectivity index (χ3n) is 4.63. The van der Waals surface area contributed by atoms with Crippen LogP contribution in [0.2, 0.25) is 5.02 Å². The Hall–Kier alpha value is -1.85. The number of amides is 1. The summed E-state index contributed by atoms with van der Waals surface area (Å²) in [7, 11) is 0. The average molecular weight is 362 g/mol. The number of aromatic nitrogens is 1. The Morgan fingerprint density at radius 3 is 2.60 bits per heavy atom. The van der Waals surface area contributed by atoms with E-state index in [0.717, 1.165) is 23.7 Å². The van der Waals surface area contributed by atoms with Crippen LogP contribution in [0.1, 0.15) is 60.5 Å². The molecule has 1 unspecified atom stereocenters. The molecular formula is C19H24ClN3O2. The summed E-state index contributed by atoms with van der Waals surface area (Å²) in [5.41, 5.74) is 1.54. The highest BCUT2D eigenvalue weighted by atomic mass is 35.5. The van der Waals surface area contributed by atoms with Gasteiger partial charge < -0.3 is 9.73 Å². The number of likely N-dealkylation sites (tertiary alicyclic amines) is 1. The van der Waals surface area contributed by atoms with E-state index in [1.165, 1.54) is 19.2 Å². The molecule has 0 radical (unpaired) electrons. The van der Waals surface area contributed by atoms with Gasteiger partial charge in [0.15, 0.2) is 12.1 Å². The molecule has 0 bridgehead atoms. The quantitative estimate of drug-likeness (QED) is 0.844. The average Bonchev–Trinajstić information content (AvgIpc) is 3.28. The first kappa shape index (κ1) is 18.0. The van der Waals surface area contributed by atoms with Crippen LogP contribution in [0.3, 0.4) is 0 Å². The van der Waals surface area contributed by atoms with Crippen molar-refractivity contribution >= 4 is 17.5 Å². The summed E-state index contributed by atoms with van der Waals surface area (Å²) in [6.07, 6.45) is 3.72. The number of oxazole rings is 1. The fraction of sp³-hybridized carbons (Fsp3) is 0.474. The zero-order chi connectivity index (χ0) is 17.8. The SMILES string of the molecule is CC(C)c1ocnc1C(=O)NCC(c1ccc(Cl)cc1)N1CCCC1. The lowest BCUT2D eigenvalue weighted by molar-refractivity contribution is 0.0931. The smallest absolute Gasteiger partial charge is 0.273 e. The molecule has 1 amide bonds. The van der Waals surface area contributed by atoms with Gasteiger partial charge in [-0.2, -0.15) is 0 Å². The van der Waals surface area contributed by atoms with Crippen LogP contribution in [0.5, 0.6) is 0 Å². The van der Waals surface area contributed by atoms with Crippen LogP contribution in [-0.4, -0.2) is 35.4 Å². The Morgan fingerprint density at radius 1 is 1.28 bits per heavy atom. The maximum Gasteiger partial charge on any atom is 0.273 e. The molecule has 1 fully saturated rings. The van der Waals surface area contributed by atoms with Gasteiger partial charge in [0.1, 0.15) is 5.76 Å². The molecule has 1 aliphatic heterocycles. The van der Waals surface area contributed by atoms with Gasteiger partial charge in [0.05, 0.1) is 6.04 Å². The van der Waals surface area contributed by atoms with Crippen molar-refractivity contribution in [3.05, 3.63) is 52.7 Å². The van der Waals surface area contributed by atoms with Crippen molar-refractivity contribution in [2.75, 3.05) is 19.6 Å². The first-order chi connectivity index (χ1) is 12.1. The molecule has 0 aliphatic carbocycles. The van der Waals surface area contributed by atoms with Crippen LogP contribution in [0.15, 0.2) is 35.1 Å². The lowest BCUT2D eigenvalue weighted by Gasteiger charge is -2.28. The molecule has 3 rings (SSSR count). The fourth-order valence-electron chi connectivity index (χ4n) is 3.30. The molecule has 1 N–H and O–H groups in total. The van der Waals surface area contributed by atoms with E-state index in [1.54, 1.807) is 0 Å². The van der Waals surface area contributed by atoms with Gasteiger partial charge in [-0.1, -0.05) is 37.6 Å². The molecule has 1 aromatic carbocycles. The van der Waals surface area contributed by atoms with Gasteiger partial charge in [-0.15, -0.1) is 0 Å². The number of halogens is 1. The molecule has 0 saturated carbocycles. The largest absolute Gasteiger partial charge is 0.447 e. The molecule has 1 atom stereocenters. The van der Waals surface area contributed by atoms with Crippen LogP contribution in [0.25, 0.3) is 0 Å². The van der Waals surface area contributed by atoms with E-state index in [1.807, 2.05) is 38.1 Å². The first-order valence-corrected chi connectivity index (χ1v) is 9.15. The Bertz CT molecular complexity index is 706. The summed E-state index contributed by atoms with van der Waals surface area (Å²) >= 11 is 6.02. The Kier molecular flexibility index (Phi) is 5.76. The molecule has 2 heterocycles. The highest BCUT2D eigenvalue weighted by Crippen LogP contribution is 2.26. The number of hydrogen-bond acceptors (Lipinski definition) is 4. The van der Waals surface area contributed by atoms with Crippen LogP contribution in [0.4, 0.5) is 0 Å². The van der Waals surface area contributed by atoms with Crippen molar-refractivity contribution in [3.63, 3.8) is 0 Å². The number of rotatable bonds is 6. The molecule has 134 valence electrons. The number of hydrogen-bond donors (Lipinski definition) is 1. The molecule has 0 spiro atoms. The van der Waals surface area contributed by atoms with Crippen molar-refractivity contribution in [2.45, 2.75) is 38.6 Å². The Labute approximate surface area is 153 Å². The van der Waals surface area contributed by atoms with Gasteiger partial charge >= 0.3 is 0 Å². The molecule has 5 nitrogen and oxygen atoms in total. The minimum Gasteiger partial charge on any atom is -0.447 e. The summed E-state index contributed by atoms with van der Waals surface area (Å²) in [6, 6.07) is 8.01. The van der Waals surface area contributed by atoms with E-state index >= 15 is 0 Å². The maximum atomic E-state index is 12.6. The molecular weight excluding hydrogens is 338 g/mol. The molecule has 1 saturated heterocycles. The number of nitrogens with one attached hydrogen (secondary N) is 1. The number of carbonyl (C=O) groups excluding carboxylic acids is 1. The summed E-state index contributed by atoms with van der Waals surface area (Å²) in [5.74, 6) is 0.561. The van der Waals surface area contributed by atoms with Crippen LogP contribution < -0.4 is 5.32 Å². The van der Waals surface area contributed by atoms with E-state index in [4.69, 9.17) is 16.0 Å². The third-order valence-corrected chi connectivity index (χ3v) is 4.88. The van der Waals surface area contributed by atoms with E-state index in [-0.39, 0.29) is 17.9 Å². The number of nitrogens with zero attached hydrogens (tertiary/aromatic N) is 2. The predicted octanol–water partition coefficient (Wildman–Crippen LogP) is 4.02. The van der Waals surface area contributed by atoms with E-state index in [0.29, 0.717) is 18.0 Å². The minimum absolute atomic E-state index is 0.119. The van der Waals surface area contributed by atoms with Gasteiger partial charge in [0.2, 0.25) is 0 Å². The molecule has 2 aromatic rings. The Morgan fingerprint density at radius 2 is 1.96 bits per heavy atom. The number of benzene rings is 1. The maximum absolute atomic E-state index is 12.6. The third kappa shape index (κ3) is 4.22. The summed E-state index contributed by atoms with van der Waals surface area (Å²) in [6.45, 7) is 6.59. The van der Waals surface area contributed by atoms with Crippen LogP contribution >= 0.6 is 11.6 Å². The molecule has 25 heavy (non-hydrogen) atoms. The zero-order valence-electron chi connectivity index (χ0n) is 14.7. The summed E-state index contributed by atoms with van der Waals surface area (Å²) < 4.78 is 5.35. The van der Waals surface area contributed by atoms with Crippen molar-refractivity contribution in [3.8, 4) is 0 Å². The standard InChI is InChI=1S/C19H24ClN3O2/c1-13(2)18-17(22-12-25-18)19(24)21-11-16(23-9-3-4-10-23)14-5-7-15(20)8-6-14/h5-8,12-13,16H,3-4,9-11H2,1-2H3,(H,21,24). The van der Waals surface area contributed by atoms with Crippen molar-refractivity contribution in [2.24, 2.45) is 0 Å². The second kappa shape index (κ2) is 8.02. The van der Waals surface area contributed by atoms with Gasteiger partial charge in [-0.05, 0) is 43.6 Å². The molecule has 1 aromatic heterocycles. The van der Waals surface area contributed by atoms with Crippen LogP contribution in [-0.2, 0) is 0 Å². The predicted molar refractivity (Wildman–Crippen MR) is 97.9 cm³/mol. The van der Waals surface area contributed by atoms with Gasteiger partial charge in [0, 0.05) is 17.5 Å². The zero-order valence-corrected chi connectivity index (χ0v) is 15.4. The highest BCUT2D eigenvalue weighted by molar-refractivity contribution is 6.30. The van der Waals surface area contributed by atoms with Gasteiger partial charge in [-0.25, -0.2) is 4.98 Å². The fourth-order valence-corrected chi connectivity index (χ4v) is 3.43. The lowest BCUT2D eigenvalue weighted by atomic mass is 10.1. The van der Waals surface area contributed by atoms with Crippen LogP contribution in [0, 0.1) is 0 Å². The van der Waals surface area contributed by atoms with E-state index in [2.05, 4.69) is 15.2 Å². The van der Waals surface area contributed by atoms with Crippen molar-refractivity contribution in [1.29, 1.82) is 0 Å². The lowest BCUT2D eigenvalue weighted by Crippen LogP contribution is -2.37. The number of carbonyl (C=O) groups is 1. The van der Waals surface area contributed by atoms with E-state index < -0.39 is 0 Å². The summed E-state index contributed by atoms with van der Waals surface area (Å²) in [5, 5.41) is 3.75.